The van der Waals surface area contributed by atoms with Crippen LogP contribution in [0.25, 0.3) is 0 Å². The van der Waals surface area contributed by atoms with Crippen LogP contribution in [0.2, 0.25) is 0 Å². The number of nitrogens with one attached hydrogen (secondary N) is 1. The van der Waals surface area contributed by atoms with Crippen molar-refractivity contribution in [3.63, 3.8) is 0 Å². The molecule has 0 aromatic rings. The molecule has 17 heavy (non-hydrogen) atoms. The molecule has 2 aliphatic rings. The Balaban J connectivity index is 1.75. The number of carboxylic acid groups (broad SMARTS) is 1. The van der Waals surface area contributed by atoms with Gasteiger partial charge in [-0.05, 0) is 38.0 Å². The zero-order chi connectivity index (χ0) is 12.4. The van der Waals surface area contributed by atoms with E-state index >= 15 is 0 Å². The second kappa shape index (κ2) is 4.94. The quantitative estimate of drug-likeness (QED) is 0.778. The standard InChI is InChI=1S/C12H20N2O3/c1-8(10-2-3-10)13-12(17)14-5-4-9(7-14)6-11(15)16/h8-10H,2-7H2,1H3,(H,13,17)(H,15,16). The maximum Gasteiger partial charge on any atom is 0.317 e. The van der Waals surface area contributed by atoms with Gasteiger partial charge in [0.2, 0.25) is 0 Å². The van der Waals surface area contributed by atoms with E-state index in [-0.39, 0.29) is 24.4 Å². The van der Waals surface area contributed by atoms with Crippen LogP contribution in [-0.2, 0) is 4.79 Å². The number of carbonyl (C=O) groups excluding carboxylic acids is 1. The zero-order valence-electron chi connectivity index (χ0n) is 10.2. The molecule has 0 spiro atoms. The van der Waals surface area contributed by atoms with Crippen LogP contribution in [0.15, 0.2) is 0 Å². The van der Waals surface area contributed by atoms with Crippen LogP contribution in [0, 0.1) is 11.8 Å². The van der Waals surface area contributed by atoms with Crippen molar-refractivity contribution in [1.82, 2.24) is 10.2 Å². The minimum Gasteiger partial charge on any atom is -0.481 e. The number of aliphatic carboxylic acids is 1. The first kappa shape index (κ1) is 12.2. The molecule has 2 fully saturated rings. The summed E-state index contributed by atoms with van der Waals surface area (Å²) in [5, 5.41) is 11.7. The molecular weight excluding hydrogens is 220 g/mol. The van der Waals surface area contributed by atoms with Crippen LogP contribution in [0.1, 0.15) is 32.6 Å². The second-order valence-corrected chi connectivity index (χ2v) is 5.27. The number of hydrogen-bond acceptors (Lipinski definition) is 2. The highest BCUT2D eigenvalue weighted by atomic mass is 16.4. The summed E-state index contributed by atoms with van der Waals surface area (Å²) in [6.45, 7) is 3.30. The first-order chi connectivity index (χ1) is 8.06. The lowest BCUT2D eigenvalue weighted by molar-refractivity contribution is -0.138. The fraction of sp³-hybridized carbons (Fsp3) is 0.833. The van der Waals surface area contributed by atoms with E-state index in [2.05, 4.69) is 5.32 Å². The molecule has 1 aliphatic carbocycles. The van der Waals surface area contributed by atoms with E-state index in [0.717, 1.165) is 6.42 Å². The fourth-order valence-electron chi connectivity index (χ4n) is 2.43. The lowest BCUT2D eigenvalue weighted by Gasteiger charge is -2.20. The van der Waals surface area contributed by atoms with Gasteiger partial charge in [0.15, 0.2) is 0 Å². The maximum atomic E-state index is 11.9. The molecule has 0 aromatic carbocycles. The summed E-state index contributed by atoms with van der Waals surface area (Å²) >= 11 is 0. The molecule has 1 heterocycles. The molecule has 96 valence electrons. The van der Waals surface area contributed by atoms with Gasteiger partial charge in [-0.2, -0.15) is 0 Å². The number of hydrogen-bond donors (Lipinski definition) is 2. The maximum absolute atomic E-state index is 11.9. The normalized spacial score (nSPS) is 25.7. The van der Waals surface area contributed by atoms with Crippen LogP contribution in [0.3, 0.4) is 0 Å². The highest BCUT2D eigenvalue weighted by Gasteiger charge is 2.32. The molecule has 1 saturated heterocycles. The Morgan fingerprint density at radius 1 is 1.41 bits per heavy atom. The van der Waals surface area contributed by atoms with Gasteiger partial charge in [-0.1, -0.05) is 0 Å². The zero-order valence-corrected chi connectivity index (χ0v) is 10.2. The molecule has 5 heteroatoms. The Morgan fingerprint density at radius 3 is 2.71 bits per heavy atom. The Morgan fingerprint density at radius 2 is 2.12 bits per heavy atom. The van der Waals surface area contributed by atoms with Crippen molar-refractivity contribution >= 4 is 12.0 Å². The molecule has 2 atom stereocenters. The van der Waals surface area contributed by atoms with Gasteiger partial charge in [0, 0.05) is 25.6 Å². The summed E-state index contributed by atoms with van der Waals surface area (Å²) in [6, 6.07) is 0.221. The highest BCUT2D eigenvalue weighted by molar-refractivity contribution is 5.75. The van der Waals surface area contributed by atoms with E-state index in [0.29, 0.717) is 19.0 Å². The van der Waals surface area contributed by atoms with Gasteiger partial charge >= 0.3 is 12.0 Å². The highest BCUT2D eigenvalue weighted by Crippen LogP contribution is 2.32. The molecule has 5 nitrogen and oxygen atoms in total. The monoisotopic (exact) mass is 240 g/mol. The Hall–Kier alpha value is -1.26. The van der Waals surface area contributed by atoms with E-state index in [1.165, 1.54) is 12.8 Å². The van der Waals surface area contributed by atoms with Crippen molar-refractivity contribution in [1.29, 1.82) is 0 Å². The summed E-state index contributed by atoms with van der Waals surface area (Å²) in [5.41, 5.74) is 0. The molecule has 0 aromatic heterocycles. The third-order valence-electron chi connectivity index (χ3n) is 3.72. The predicted molar refractivity (Wildman–Crippen MR) is 62.7 cm³/mol. The molecule has 1 aliphatic heterocycles. The van der Waals surface area contributed by atoms with E-state index in [4.69, 9.17) is 5.11 Å². The van der Waals surface area contributed by atoms with Gasteiger partial charge in [-0.25, -0.2) is 4.79 Å². The van der Waals surface area contributed by atoms with Crippen molar-refractivity contribution in [2.24, 2.45) is 11.8 Å². The van der Waals surface area contributed by atoms with Gasteiger partial charge in [0.05, 0.1) is 0 Å². The fourth-order valence-corrected chi connectivity index (χ4v) is 2.43. The second-order valence-electron chi connectivity index (χ2n) is 5.27. The van der Waals surface area contributed by atoms with Crippen LogP contribution in [0.5, 0.6) is 0 Å². The number of nitrogens with zero attached hydrogens (tertiary/aromatic N) is 1. The van der Waals surface area contributed by atoms with Gasteiger partial charge in [-0.3, -0.25) is 4.79 Å². The lowest BCUT2D eigenvalue weighted by atomic mass is 10.1. The average molecular weight is 240 g/mol. The van der Waals surface area contributed by atoms with Gasteiger partial charge in [-0.15, -0.1) is 0 Å². The van der Waals surface area contributed by atoms with Crippen molar-refractivity contribution in [2.45, 2.75) is 38.6 Å². The van der Waals surface area contributed by atoms with Gasteiger partial charge < -0.3 is 15.3 Å². The van der Waals surface area contributed by atoms with E-state index < -0.39 is 5.97 Å². The topological polar surface area (TPSA) is 69.6 Å². The van der Waals surface area contributed by atoms with Crippen LogP contribution in [-0.4, -0.2) is 41.1 Å². The first-order valence-corrected chi connectivity index (χ1v) is 6.33. The molecule has 0 bridgehead atoms. The summed E-state index contributed by atoms with van der Waals surface area (Å²) in [5.74, 6) is -0.00513. The van der Waals surface area contributed by atoms with Crippen molar-refractivity contribution < 1.29 is 14.7 Å². The summed E-state index contributed by atoms with van der Waals surface area (Å²) < 4.78 is 0. The first-order valence-electron chi connectivity index (χ1n) is 6.33. The molecule has 2 unspecified atom stereocenters. The smallest absolute Gasteiger partial charge is 0.317 e. The minimum absolute atomic E-state index is 0.0303. The number of amides is 2. The Bertz CT molecular complexity index is 315. The van der Waals surface area contributed by atoms with E-state index in [9.17, 15) is 9.59 Å². The molecule has 2 amide bonds. The molecule has 2 N–H and O–H groups in total. The van der Waals surface area contributed by atoms with Crippen molar-refractivity contribution in [3.05, 3.63) is 0 Å². The Kier molecular flexibility index (Phi) is 3.54. The SMILES string of the molecule is CC(NC(=O)N1CCC(CC(=O)O)C1)C1CC1. The van der Waals surface area contributed by atoms with Crippen LogP contribution < -0.4 is 5.32 Å². The van der Waals surface area contributed by atoms with Crippen LogP contribution in [0.4, 0.5) is 4.79 Å². The number of rotatable bonds is 4. The summed E-state index contributed by atoms with van der Waals surface area (Å²) in [4.78, 5) is 24.2. The van der Waals surface area contributed by atoms with Crippen molar-refractivity contribution in [3.8, 4) is 0 Å². The van der Waals surface area contributed by atoms with E-state index in [1.807, 2.05) is 6.92 Å². The largest absolute Gasteiger partial charge is 0.481 e. The van der Waals surface area contributed by atoms with Gasteiger partial charge in [0.1, 0.15) is 0 Å². The number of carbonyl (C=O) groups is 2. The lowest BCUT2D eigenvalue weighted by Crippen LogP contribution is -2.43. The predicted octanol–water partition coefficient (Wildman–Crippen LogP) is 1.29. The third kappa shape index (κ3) is 3.35. The molecule has 0 radical (unpaired) electrons. The van der Waals surface area contributed by atoms with Gasteiger partial charge in [0.25, 0.3) is 0 Å². The summed E-state index contributed by atoms with van der Waals surface area (Å²) in [6.07, 6.45) is 3.39. The molecular formula is C12H20N2O3. The van der Waals surface area contributed by atoms with E-state index in [1.54, 1.807) is 4.90 Å². The van der Waals surface area contributed by atoms with Crippen molar-refractivity contribution in [2.75, 3.05) is 13.1 Å². The minimum atomic E-state index is -0.774. The molecule has 2 rings (SSSR count). The number of carboxylic acids is 1. The van der Waals surface area contributed by atoms with Crippen LogP contribution >= 0.6 is 0 Å². The average Bonchev–Trinajstić information content (AvgIpc) is 2.99. The third-order valence-corrected chi connectivity index (χ3v) is 3.72. The molecule has 1 saturated carbocycles. The number of likely N-dealkylation sites (tertiary alicyclic amines) is 1. The summed E-state index contributed by atoms with van der Waals surface area (Å²) in [7, 11) is 0. The number of urea groups is 1. The Labute approximate surface area is 101 Å².